The molecule has 0 aromatic heterocycles. The van der Waals surface area contributed by atoms with Gasteiger partial charge in [-0.2, -0.15) is 13.2 Å². The van der Waals surface area contributed by atoms with Crippen LogP contribution in [0.1, 0.15) is 55.9 Å². The van der Waals surface area contributed by atoms with Crippen molar-refractivity contribution in [3.05, 3.63) is 64.5 Å². The van der Waals surface area contributed by atoms with E-state index in [0.29, 0.717) is 31.3 Å². The molecule has 2 aliphatic heterocycles. The van der Waals surface area contributed by atoms with E-state index in [4.69, 9.17) is 4.74 Å². The molecule has 0 aliphatic carbocycles. The van der Waals surface area contributed by atoms with Crippen LogP contribution < -0.4 is 5.32 Å². The van der Waals surface area contributed by atoms with Crippen molar-refractivity contribution in [2.75, 3.05) is 25.0 Å². The summed E-state index contributed by atoms with van der Waals surface area (Å²) in [5.74, 6) is -1.86. The van der Waals surface area contributed by atoms with Crippen molar-refractivity contribution in [2.45, 2.75) is 64.8 Å². The lowest BCUT2D eigenvalue weighted by Crippen LogP contribution is -2.34. The lowest BCUT2D eigenvalue weighted by Gasteiger charge is -2.27. The normalized spacial score (nSPS) is 15.2. The Morgan fingerprint density at radius 2 is 1.74 bits per heavy atom. The fourth-order valence-electron chi connectivity index (χ4n) is 4.34. The van der Waals surface area contributed by atoms with E-state index in [1.54, 1.807) is 21.9 Å². The van der Waals surface area contributed by atoms with Crippen LogP contribution in [0.25, 0.3) is 0 Å². The minimum atomic E-state index is -4.77. The Labute approximate surface area is 225 Å². The van der Waals surface area contributed by atoms with E-state index < -0.39 is 23.5 Å². The second-order valence-corrected chi connectivity index (χ2v) is 10.5. The van der Waals surface area contributed by atoms with Crippen molar-refractivity contribution >= 4 is 24.1 Å². The van der Waals surface area contributed by atoms with Gasteiger partial charge in [-0.1, -0.05) is 18.2 Å². The molecular formula is C28H33F4N3O4. The van der Waals surface area contributed by atoms with Crippen LogP contribution in [0.4, 0.5) is 28.0 Å². The second-order valence-electron chi connectivity index (χ2n) is 10.5. The Morgan fingerprint density at radius 3 is 2.33 bits per heavy atom. The van der Waals surface area contributed by atoms with Gasteiger partial charge in [0, 0.05) is 31.9 Å². The molecule has 2 heterocycles. The molecular weight excluding hydrogens is 518 g/mol. The van der Waals surface area contributed by atoms with Gasteiger partial charge < -0.3 is 19.9 Å². The lowest BCUT2D eigenvalue weighted by atomic mass is 9.98. The number of hydrogen-bond donors (Lipinski definition) is 1. The first-order valence-electron chi connectivity index (χ1n) is 12.7. The zero-order valence-corrected chi connectivity index (χ0v) is 22.2. The Kier molecular flexibility index (Phi) is 9.58. The van der Waals surface area contributed by atoms with Gasteiger partial charge in [0.1, 0.15) is 11.4 Å². The predicted octanol–water partition coefficient (Wildman–Crippen LogP) is 5.56. The van der Waals surface area contributed by atoms with E-state index in [0.717, 1.165) is 55.6 Å². The number of alkyl halides is 3. The number of carbonyl (C=O) groups is 3. The molecule has 3 amide bonds. The van der Waals surface area contributed by atoms with E-state index in [1.165, 1.54) is 0 Å². The third-order valence-corrected chi connectivity index (χ3v) is 6.18. The molecule has 1 N–H and O–H groups in total. The van der Waals surface area contributed by atoms with Gasteiger partial charge in [-0.05, 0) is 74.9 Å². The number of halogens is 4. The minimum Gasteiger partial charge on any atom is -0.444 e. The number of fused-ring (bicyclic) bond motifs is 1. The smallest absolute Gasteiger partial charge is 0.419 e. The number of ether oxygens (including phenoxy) is 1. The average Bonchev–Trinajstić information content (AvgIpc) is 3.38. The van der Waals surface area contributed by atoms with E-state index in [1.807, 2.05) is 26.8 Å². The van der Waals surface area contributed by atoms with Gasteiger partial charge in [-0.25, -0.2) is 9.18 Å². The molecule has 0 unspecified atom stereocenters. The molecule has 7 nitrogen and oxygen atoms in total. The van der Waals surface area contributed by atoms with Gasteiger partial charge in [0.15, 0.2) is 0 Å². The highest BCUT2D eigenvalue weighted by molar-refractivity contribution is 5.93. The summed E-state index contributed by atoms with van der Waals surface area (Å²) in [6.45, 7) is 8.37. The molecule has 212 valence electrons. The highest BCUT2D eigenvalue weighted by Gasteiger charge is 2.34. The molecule has 1 saturated heterocycles. The molecule has 4 rings (SSSR count). The topological polar surface area (TPSA) is 79.0 Å². The molecule has 0 bridgehead atoms. The van der Waals surface area contributed by atoms with E-state index in [2.05, 4.69) is 5.32 Å². The summed E-state index contributed by atoms with van der Waals surface area (Å²) in [7, 11) is 0. The Morgan fingerprint density at radius 1 is 1.05 bits per heavy atom. The molecule has 0 saturated carbocycles. The summed E-state index contributed by atoms with van der Waals surface area (Å²) < 4.78 is 56.6. The Hall–Kier alpha value is -3.63. The Balaban J connectivity index is 0.000000293. The lowest BCUT2D eigenvalue weighted by molar-refractivity contribution is -0.140. The van der Waals surface area contributed by atoms with Crippen molar-refractivity contribution in [1.82, 2.24) is 9.80 Å². The van der Waals surface area contributed by atoms with Crippen LogP contribution >= 0.6 is 0 Å². The molecule has 2 aliphatic rings. The van der Waals surface area contributed by atoms with Gasteiger partial charge in [-0.3, -0.25) is 9.59 Å². The third-order valence-electron chi connectivity index (χ3n) is 6.18. The minimum absolute atomic E-state index is 0.148. The van der Waals surface area contributed by atoms with E-state index in [9.17, 15) is 31.9 Å². The summed E-state index contributed by atoms with van der Waals surface area (Å²) in [5, 5.41) is 2.73. The van der Waals surface area contributed by atoms with Gasteiger partial charge in [-0.15, -0.1) is 0 Å². The maximum atomic E-state index is 13.6. The maximum Gasteiger partial charge on any atom is 0.419 e. The van der Waals surface area contributed by atoms with Crippen molar-refractivity contribution in [1.29, 1.82) is 0 Å². The number of carbonyl (C=O) groups excluding carboxylic acids is 3. The van der Waals surface area contributed by atoms with Crippen LogP contribution in [0, 0.1) is 5.82 Å². The van der Waals surface area contributed by atoms with Gasteiger partial charge in [0.25, 0.3) is 0 Å². The fraction of sp³-hybridized carbons (Fsp3) is 0.464. The van der Waals surface area contributed by atoms with Gasteiger partial charge >= 0.3 is 12.3 Å². The van der Waals surface area contributed by atoms with Gasteiger partial charge in [0.05, 0.1) is 12.0 Å². The molecule has 11 heteroatoms. The van der Waals surface area contributed by atoms with Crippen molar-refractivity contribution < 1.29 is 36.7 Å². The average molecular weight is 552 g/mol. The third kappa shape index (κ3) is 8.69. The number of hydrogen-bond acceptors (Lipinski definition) is 4. The summed E-state index contributed by atoms with van der Waals surface area (Å²) in [5.41, 5.74) is 0.864. The Bertz CT molecular complexity index is 1190. The first-order chi connectivity index (χ1) is 18.3. The van der Waals surface area contributed by atoms with Crippen LogP contribution in [0.2, 0.25) is 0 Å². The number of nitrogens with zero attached hydrogens (tertiary/aromatic N) is 2. The molecule has 2 aromatic carbocycles. The number of benzene rings is 2. The molecule has 0 radical (unpaired) electrons. The standard InChI is InChI=1S/C19H16F4N2O2.C9H17NO2/c20-16-8-12(4-5-15(16)19(21,22)23)9-18(27)24-17-3-1-2-13-10-25(11-26)7-6-14(13)17;1-9(2,3)12-8(11)10-6-4-5-7-10/h1-5,8,11H,6-7,9-10H2,(H,24,27);4-7H2,1-3H3. The fourth-order valence-corrected chi connectivity index (χ4v) is 4.34. The van der Waals surface area contributed by atoms with Crippen LogP contribution in [-0.2, 0) is 39.9 Å². The predicted molar refractivity (Wildman–Crippen MR) is 137 cm³/mol. The zero-order valence-electron chi connectivity index (χ0n) is 22.2. The summed E-state index contributed by atoms with van der Waals surface area (Å²) >= 11 is 0. The second kappa shape index (κ2) is 12.5. The first kappa shape index (κ1) is 29.9. The van der Waals surface area contributed by atoms with Crippen LogP contribution in [0.3, 0.4) is 0 Å². The highest BCUT2D eigenvalue weighted by atomic mass is 19.4. The van der Waals surface area contributed by atoms with E-state index in [-0.39, 0.29) is 23.7 Å². The number of nitrogens with one attached hydrogen (secondary N) is 1. The summed E-state index contributed by atoms with van der Waals surface area (Å²) in [4.78, 5) is 37.9. The summed E-state index contributed by atoms with van der Waals surface area (Å²) in [6, 6.07) is 7.79. The molecule has 1 fully saturated rings. The zero-order chi connectivity index (χ0) is 28.8. The van der Waals surface area contributed by atoms with Crippen molar-refractivity contribution in [3.63, 3.8) is 0 Å². The van der Waals surface area contributed by atoms with Crippen molar-refractivity contribution in [3.8, 4) is 0 Å². The van der Waals surface area contributed by atoms with Crippen molar-refractivity contribution in [2.24, 2.45) is 0 Å². The number of anilines is 1. The summed E-state index contributed by atoms with van der Waals surface area (Å²) in [6.07, 6.45) is -1.62. The van der Waals surface area contributed by atoms with Crippen LogP contribution in [-0.4, -0.2) is 53.4 Å². The van der Waals surface area contributed by atoms with Crippen LogP contribution in [0.15, 0.2) is 36.4 Å². The SMILES string of the molecule is CC(C)(C)OC(=O)N1CCCC1.O=CN1CCc2c(cccc2NC(=O)Cc2ccc(C(F)(F)F)c(F)c2)C1. The van der Waals surface area contributed by atoms with Crippen LogP contribution in [0.5, 0.6) is 0 Å². The van der Waals surface area contributed by atoms with Gasteiger partial charge in [0.2, 0.25) is 12.3 Å². The number of rotatable bonds is 4. The quantitative estimate of drug-likeness (QED) is 0.399. The molecule has 39 heavy (non-hydrogen) atoms. The molecule has 2 aromatic rings. The highest BCUT2D eigenvalue weighted by Crippen LogP contribution is 2.32. The number of amides is 3. The first-order valence-corrected chi connectivity index (χ1v) is 12.7. The molecule has 0 spiro atoms. The number of likely N-dealkylation sites (tertiary alicyclic amines) is 1. The van der Waals surface area contributed by atoms with E-state index >= 15 is 0 Å². The monoisotopic (exact) mass is 551 g/mol. The molecule has 0 atom stereocenters. The maximum absolute atomic E-state index is 13.6. The largest absolute Gasteiger partial charge is 0.444 e.